The van der Waals surface area contributed by atoms with Crippen LogP contribution in [0.2, 0.25) is 0 Å². The first-order chi connectivity index (χ1) is 7.00. The van der Waals surface area contributed by atoms with Gasteiger partial charge in [0.1, 0.15) is 6.04 Å². The summed E-state index contributed by atoms with van der Waals surface area (Å²) in [5.41, 5.74) is 5.71. The highest BCUT2D eigenvalue weighted by Gasteiger charge is 2.16. The van der Waals surface area contributed by atoms with Crippen LogP contribution in [0.4, 0.5) is 0 Å². The van der Waals surface area contributed by atoms with Crippen LogP contribution in [0.25, 0.3) is 0 Å². The maximum atomic E-state index is 10.6. The minimum Gasteiger partial charge on any atom is -0.480 e. The van der Waals surface area contributed by atoms with E-state index in [1.807, 2.05) is 13.8 Å². The van der Waals surface area contributed by atoms with E-state index in [0.717, 1.165) is 0 Å². The smallest absolute Gasteiger partial charge is 0.326 e. The summed E-state index contributed by atoms with van der Waals surface area (Å²) in [5, 5.41) is 8.70. The molecule has 0 radical (unpaired) electrons. The van der Waals surface area contributed by atoms with Gasteiger partial charge in [-0.05, 0) is 19.9 Å². The Morgan fingerprint density at radius 3 is 2.73 bits per heavy atom. The molecule has 0 amide bonds. The Hall–Kier alpha value is -1.62. The molecule has 0 aliphatic carbocycles. The molecule has 3 N–H and O–H groups in total. The number of aliphatic carboxylic acids is 1. The third kappa shape index (κ3) is 3.21. The van der Waals surface area contributed by atoms with Gasteiger partial charge in [-0.1, -0.05) is 6.07 Å². The summed E-state index contributed by atoms with van der Waals surface area (Å²) in [5.74, 6) is -0.719. The van der Waals surface area contributed by atoms with Crippen molar-refractivity contribution in [2.45, 2.75) is 26.0 Å². The molecule has 1 aromatic rings. The van der Waals surface area contributed by atoms with Gasteiger partial charge in [-0.15, -0.1) is 0 Å². The molecule has 0 bridgehead atoms. The van der Waals surface area contributed by atoms with Gasteiger partial charge in [-0.2, -0.15) is 0 Å². The molecular weight excluding hydrogens is 196 g/mol. The van der Waals surface area contributed by atoms with Gasteiger partial charge in [0.2, 0.25) is 5.88 Å². The summed E-state index contributed by atoms with van der Waals surface area (Å²) in [6.45, 7) is 3.73. The van der Waals surface area contributed by atoms with Gasteiger partial charge in [0.15, 0.2) is 0 Å². The fourth-order valence-corrected chi connectivity index (χ4v) is 1.04. The van der Waals surface area contributed by atoms with E-state index in [9.17, 15) is 4.79 Å². The van der Waals surface area contributed by atoms with E-state index in [1.165, 1.54) is 0 Å². The summed E-state index contributed by atoms with van der Waals surface area (Å²) < 4.78 is 5.33. The van der Waals surface area contributed by atoms with Crippen LogP contribution >= 0.6 is 0 Å². The van der Waals surface area contributed by atoms with Gasteiger partial charge in [-0.3, -0.25) is 4.79 Å². The molecule has 1 rings (SSSR count). The van der Waals surface area contributed by atoms with E-state index in [2.05, 4.69) is 4.98 Å². The lowest BCUT2D eigenvalue weighted by Crippen LogP contribution is -2.22. The van der Waals surface area contributed by atoms with Crippen LogP contribution in [0.1, 0.15) is 25.6 Å². The van der Waals surface area contributed by atoms with Crippen molar-refractivity contribution in [2.24, 2.45) is 5.73 Å². The van der Waals surface area contributed by atoms with Crippen LogP contribution in [0.15, 0.2) is 18.2 Å². The quantitative estimate of drug-likeness (QED) is 0.772. The molecule has 0 spiro atoms. The van der Waals surface area contributed by atoms with Crippen LogP contribution in [0.3, 0.4) is 0 Å². The second-order valence-corrected chi connectivity index (χ2v) is 3.38. The molecule has 1 atom stereocenters. The van der Waals surface area contributed by atoms with Gasteiger partial charge in [0, 0.05) is 6.07 Å². The van der Waals surface area contributed by atoms with Crippen LogP contribution < -0.4 is 10.5 Å². The van der Waals surface area contributed by atoms with Crippen molar-refractivity contribution in [3.8, 4) is 5.88 Å². The summed E-state index contributed by atoms with van der Waals surface area (Å²) in [4.78, 5) is 14.6. The second-order valence-electron chi connectivity index (χ2n) is 3.38. The number of carbonyl (C=O) groups is 1. The van der Waals surface area contributed by atoms with Gasteiger partial charge in [0.05, 0.1) is 11.8 Å². The van der Waals surface area contributed by atoms with E-state index in [0.29, 0.717) is 11.6 Å². The number of carboxylic acids is 1. The highest BCUT2D eigenvalue weighted by atomic mass is 16.5. The molecule has 0 aromatic carbocycles. The van der Waals surface area contributed by atoms with Gasteiger partial charge >= 0.3 is 5.97 Å². The lowest BCUT2D eigenvalue weighted by atomic mass is 10.2. The fraction of sp³-hybridized carbons (Fsp3) is 0.400. The van der Waals surface area contributed by atoms with Crippen molar-refractivity contribution in [3.05, 3.63) is 23.9 Å². The number of carboxylic acid groups (broad SMARTS) is 1. The lowest BCUT2D eigenvalue weighted by molar-refractivity contribution is -0.138. The first-order valence-corrected chi connectivity index (χ1v) is 4.62. The molecule has 0 saturated heterocycles. The largest absolute Gasteiger partial charge is 0.480 e. The SMILES string of the molecule is CC(C)Oc1cccc(C(N)C(=O)O)n1. The standard InChI is InChI=1S/C10H14N2O3/c1-6(2)15-8-5-3-4-7(12-8)9(11)10(13)14/h3-6,9H,11H2,1-2H3,(H,13,14). The first kappa shape index (κ1) is 11.5. The molecule has 0 aliphatic rings. The number of rotatable bonds is 4. The number of ether oxygens (including phenoxy) is 1. The molecule has 5 heteroatoms. The highest BCUT2D eigenvalue weighted by Crippen LogP contribution is 2.14. The van der Waals surface area contributed by atoms with Crippen molar-refractivity contribution in [1.29, 1.82) is 0 Å². The normalized spacial score (nSPS) is 12.5. The number of hydrogen-bond donors (Lipinski definition) is 2. The van der Waals surface area contributed by atoms with Crippen molar-refractivity contribution in [3.63, 3.8) is 0 Å². The summed E-state index contributed by atoms with van der Waals surface area (Å²) in [6.07, 6.45) is -0.00574. The number of aromatic nitrogens is 1. The Morgan fingerprint density at radius 1 is 1.53 bits per heavy atom. The molecule has 5 nitrogen and oxygen atoms in total. The maximum absolute atomic E-state index is 10.6. The molecule has 82 valence electrons. The van der Waals surface area contributed by atoms with E-state index in [1.54, 1.807) is 18.2 Å². The molecule has 15 heavy (non-hydrogen) atoms. The number of nitrogens with two attached hydrogens (primary N) is 1. The van der Waals surface area contributed by atoms with Gasteiger partial charge < -0.3 is 15.6 Å². The second kappa shape index (κ2) is 4.75. The summed E-state index contributed by atoms with van der Waals surface area (Å²) in [6, 6.07) is 3.79. The molecule has 1 aromatic heterocycles. The summed E-state index contributed by atoms with van der Waals surface area (Å²) >= 11 is 0. The predicted octanol–water partition coefficient (Wildman–Crippen LogP) is 0.953. The van der Waals surface area contributed by atoms with E-state index in [4.69, 9.17) is 15.6 Å². The van der Waals surface area contributed by atoms with E-state index < -0.39 is 12.0 Å². The zero-order valence-corrected chi connectivity index (χ0v) is 8.68. The number of pyridine rings is 1. The average molecular weight is 210 g/mol. The Bertz CT molecular complexity index is 352. The lowest BCUT2D eigenvalue weighted by Gasteiger charge is -2.11. The van der Waals surface area contributed by atoms with Crippen molar-refractivity contribution in [2.75, 3.05) is 0 Å². The van der Waals surface area contributed by atoms with Crippen molar-refractivity contribution < 1.29 is 14.6 Å². The monoisotopic (exact) mass is 210 g/mol. The Morgan fingerprint density at radius 2 is 2.20 bits per heavy atom. The zero-order valence-electron chi connectivity index (χ0n) is 8.68. The fourth-order valence-electron chi connectivity index (χ4n) is 1.04. The average Bonchev–Trinajstić information content (AvgIpc) is 2.16. The Balaban J connectivity index is 2.87. The minimum absolute atomic E-state index is 0.00574. The Labute approximate surface area is 87.9 Å². The van der Waals surface area contributed by atoms with Crippen LogP contribution in [-0.2, 0) is 4.79 Å². The molecule has 1 unspecified atom stereocenters. The van der Waals surface area contributed by atoms with Crippen molar-refractivity contribution in [1.82, 2.24) is 4.98 Å². The number of nitrogens with zero attached hydrogens (tertiary/aromatic N) is 1. The topological polar surface area (TPSA) is 85.4 Å². The minimum atomic E-state index is -1.11. The first-order valence-electron chi connectivity index (χ1n) is 4.62. The van der Waals surface area contributed by atoms with Crippen LogP contribution in [-0.4, -0.2) is 22.2 Å². The van der Waals surface area contributed by atoms with E-state index >= 15 is 0 Å². The Kier molecular flexibility index (Phi) is 3.62. The van der Waals surface area contributed by atoms with Crippen molar-refractivity contribution >= 4 is 5.97 Å². The maximum Gasteiger partial charge on any atom is 0.326 e. The predicted molar refractivity (Wildman–Crippen MR) is 54.6 cm³/mol. The number of hydrogen-bond acceptors (Lipinski definition) is 4. The molecule has 0 saturated carbocycles. The summed E-state index contributed by atoms with van der Waals surface area (Å²) in [7, 11) is 0. The third-order valence-electron chi connectivity index (χ3n) is 1.69. The van der Waals surface area contributed by atoms with Crippen LogP contribution in [0, 0.1) is 0 Å². The third-order valence-corrected chi connectivity index (χ3v) is 1.69. The van der Waals surface area contributed by atoms with Gasteiger partial charge in [0.25, 0.3) is 0 Å². The zero-order chi connectivity index (χ0) is 11.4. The van der Waals surface area contributed by atoms with E-state index in [-0.39, 0.29) is 6.10 Å². The molecule has 0 aliphatic heterocycles. The van der Waals surface area contributed by atoms with Gasteiger partial charge in [-0.25, -0.2) is 4.98 Å². The highest BCUT2D eigenvalue weighted by molar-refractivity contribution is 5.74. The molecule has 0 fully saturated rings. The van der Waals surface area contributed by atoms with Crippen LogP contribution in [0.5, 0.6) is 5.88 Å². The molecule has 1 heterocycles. The molecular formula is C10H14N2O3.